The van der Waals surface area contributed by atoms with Crippen LogP contribution in [0.3, 0.4) is 0 Å². The van der Waals surface area contributed by atoms with Gasteiger partial charge in [0.1, 0.15) is 0 Å². The number of benzene rings is 1. The van der Waals surface area contributed by atoms with Crippen molar-refractivity contribution >= 4 is 35.6 Å². The molecule has 1 rings (SSSR count). The number of hydrogen-bond donors (Lipinski definition) is 2. The molecular formula is C13H19Cl2N3O3. The molecule has 1 aromatic rings. The lowest BCUT2D eigenvalue weighted by Gasteiger charge is -2.13. The lowest BCUT2D eigenvalue weighted by molar-refractivity contribution is -0.384. The van der Waals surface area contributed by atoms with E-state index in [9.17, 15) is 14.9 Å². The molecule has 0 aliphatic heterocycles. The Hall–Kier alpha value is -1.37. The third-order valence-electron chi connectivity index (χ3n) is 2.76. The van der Waals surface area contributed by atoms with E-state index in [4.69, 9.17) is 11.6 Å². The van der Waals surface area contributed by atoms with Crippen molar-refractivity contribution < 1.29 is 9.72 Å². The molecule has 118 valence electrons. The fourth-order valence-electron chi connectivity index (χ4n) is 1.72. The lowest BCUT2D eigenvalue weighted by Crippen LogP contribution is -2.39. The predicted molar refractivity (Wildman–Crippen MR) is 85.2 cm³/mol. The highest BCUT2D eigenvalue weighted by atomic mass is 35.5. The number of halogens is 2. The van der Waals surface area contributed by atoms with E-state index in [0.29, 0.717) is 12.1 Å². The molecule has 0 aliphatic rings. The molecule has 0 aromatic heterocycles. The monoisotopic (exact) mass is 335 g/mol. The Kier molecular flexibility index (Phi) is 8.92. The van der Waals surface area contributed by atoms with Gasteiger partial charge in [-0.25, -0.2) is 0 Å². The summed E-state index contributed by atoms with van der Waals surface area (Å²) in [5, 5.41) is 16.8. The van der Waals surface area contributed by atoms with Crippen LogP contribution >= 0.6 is 24.0 Å². The molecule has 6 nitrogen and oxygen atoms in total. The zero-order chi connectivity index (χ0) is 15.1. The van der Waals surface area contributed by atoms with E-state index in [-0.39, 0.29) is 41.5 Å². The maximum absolute atomic E-state index is 11.8. The highest BCUT2D eigenvalue weighted by Gasteiger charge is 2.12. The molecule has 0 unspecified atom stereocenters. The van der Waals surface area contributed by atoms with Gasteiger partial charge in [0.15, 0.2) is 0 Å². The number of non-ortho nitro benzene ring substituents is 1. The van der Waals surface area contributed by atoms with Gasteiger partial charge < -0.3 is 10.6 Å². The quantitative estimate of drug-likeness (QED) is 0.591. The van der Waals surface area contributed by atoms with E-state index < -0.39 is 4.92 Å². The van der Waals surface area contributed by atoms with Crippen LogP contribution < -0.4 is 10.6 Å². The summed E-state index contributed by atoms with van der Waals surface area (Å²) in [6.45, 7) is 5.33. The van der Waals surface area contributed by atoms with Gasteiger partial charge in [0, 0.05) is 24.7 Å². The van der Waals surface area contributed by atoms with Gasteiger partial charge >= 0.3 is 0 Å². The first-order valence-electron chi connectivity index (χ1n) is 6.37. The largest absolute Gasteiger partial charge is 0.354 e. The summed E-state index contributed by atoms with van der Waals surface area (Å²) in [5.41, 5.74) is 0.491. The Morgan fingerprint density at radius 3 is 2.67 bits per heavy atom. The van der Waals surface area contributed by atoms with Crippen LogP contribution in [0.15, 0.2) is 18.2 Å². The number of nitrogens with one attached hydrogen (secondary N) is 2. The second-order valence-electron chi connectivity index (χ2n) is 4.47. The summed E-state index contributed by atoms with van der Waals surface area (Å²) in [6, 6.07) is 4.30. The third-order valence-corrected chi connectivity index (χ3v) is 3.11. The van der Waals surface area contributed by atoms with E-state index in [2.05, 4.69) is 10.6 Å². The maximum Gasteiger partial charge on any atom is 0.270 e. The number of carbonyl (C=O) groups excluding carboxylic acids is 1. The number of nitro benzene ring substituents is 1. The molecule has 0 bridgehead atoms. The van der Waals surface area contributed by atoms with E-state index in [1.54, 1.807) is 0 Å². The zero-order valence-corrected chi connectivity index (χ0v) is 13.5. The third kappa shape index (κ3) is 6.75. The number of likely N-dealkylation sites (N-methyl/N-ethyl adjacent to an activating group) is 1. The zero-order valence-electron chi connectivity index (χ0n) is 11.9. The molecule has 1 amide bonds. The van der Waals surface area contributed by atoms with Crippen molar-refractivity contribution in [3.8, 4) is 0 Å². The predicted octanol–water partition coefficient (Wildman–Crippen LogP) is 2.33. The first-order valence-corrected chi connectivity index (χ1v) is 6.74. The van der Waals surface area contributed by atoms with E-state index >= 15 is 0 Å². The Morgan fingerprint density at radius 2 is 2.14 bits per heavy atom. The summed E-state index contributed by atoms with van der Waals surface area (Å²) in [7, 11) is 0. The highest BCUT2D eigenvalue weighted by molar-refractivity contribution is 6.31. The summed E-state index contributed by atoms with van der Waals surface area (Å²) >= 11 is 5.93. The van der Waals surface area contributed by atoms with Crippen LogP contribution in [0.4, 0.5) is 5.69 Å². The van der Waals surface area contributed by atoms with Gasteiger partial charge in [0.2, 0.25) is 5.91 Å². The Bertz CT molecular complexity index is 498. The van der Waals surface area contributed by atoms with Crippen molar-refractivity contribution in [3.63, 3.8) is 0 Å². The molecule has 0 saturated carbocycles. The normalized spacial score (nSPS) is 11.4. The summed E-state index contributed by atoms with van der Waals surface area (Å²) in [6.07, 6.45) is 0.107. The minimum absolute atomic E-state index is 0. The molecule has 0 heterocycles. The molecule has 0 radical (unpaired) electrons. The number of rotatable bonds is 7. The van der Waals surface area contributed by atoms with Crippen LogP contribution in [0.25, 0.3) is 0 Å². The van der Waals surface area contributed by atoms with E-state index in [1.807, 2.05) is 13.8 Å². The van der Waals surface area contributed by atoms with E-state index in [1.165, 1.54) is 18.2 Å². The average Bonchev–Trinajstić information content (AvgIpc) is 2.39. The average molecular weight is 336 g/mol. The topological polar surface area (TPSA) is 84.3 Å². The van der Waals surface area contributed by atoms with E-state index in [0.717, 1.165) is 6.54 Å². The van der Waals surface area contributed by atoms with Crippen LogP contribution in [0, 0.1) is 10.1 Å². The first kappa shape index (κ1) is 19.6. The number of carbonyl (C=O) groups is 1. The summed E-state index contributed by atoms with van der Waals surface area (Å²) in [5.74, 6) is -0.162. The Balaban J connectivity index is 0.00000400. The standard InChI is InChI=1S/C13H18ClN3O3.ClH/c1-3-15-9(2)8-16-13(18)6-10-4-5-11(17(19)20)7-12(10)14;/h4-5,7,9,15H,3,6,8H2,1-2H3,(H,16,18);1H/t9-;/m1./s1. The van der Waals surface area contributed by atoms with Crippen molar-refractivity contribution in [1.82, 2.24) is 10.6 Å². The van der Waals surface area contributed by atoms with Crippen molar-refractivity contribution in [2.75, 3.05) is 13.1 Å². The molecule has 21 heavy (non-hydrogen) atoms. The summed E-state index contributed by atoms with van der Waals surface area (Å²) < 4.78 is 0. The molecule has 2 N–H and O–H groups in total. The molecular weight excluding hydrogens is 317 g/mol. The molecule has 0 spiro atoms. The first-order chi connectivity index (χ1) is 9.43. The van der Waals surface area contributed by atoms with Crippen LogP contribution in [0.5, 0.6) is 0 Å². The number of nitro groups is 1. The van der Waals surface area contributed by atoms with Gasteiger partial charge in [-0.15, -0.1) is 12.4 Å². The fourth-order valence-corrected chi connectivity index (χ4v) is 1.96. The number of nitrogens with zero attached hydrogens (tertiary/aromatic N) is 1. The highest BCUT2D eigenvalue weighted by Crippen LogP contribution is 2.22. The van der Waals surface area contributed by atoms with Gasteiger partial charge in [-0.3, -0.25) is 14.9 Å². The second-order valence-corrected chi connectivity index (χ2v) is 4.88. The minimum Gasteiger partial charge on any atom is -0.354 e. The molecule has 1 atom stereocenters. The molecule has 8 heteroatoms. The fraction of sp³-hybridized carbons (Fsp3) is 0.462. The molecule has 0 aliphatic carbocycles. The van der Waals surface area contributed by atoms with Crippen molar-refractivity contribution in [2.45, 2.75) is 26.3 Å². The van der Waals surface area contributed by atoms with Crippen LogP contribution in [0.1, 0.15) is 19.4 Å². The van der Waals surface area contributed by atoms with Gasteiger partial charge in [0.05, 0.1) is 16.4 Å². The van der Waals surface area contributed by atoms with Gasteiger partial charge in [-0.2, -0.15) is 0 Å². The van der Waals surface area contributed by atoms with Crippen LogP contribution in [-0.2, 0) is 11.2 Å². The Labute approximate surface area is 134 Å². The van der Waals surface area contributed by atoms with Crippen molar-refractivity contribution in [2.24, 2.45) is 0 Å². The SMILES string of the molecule is CCN[C@H](C)CNC(=O)Cc1ccc([N+](=O)[O-])cc1Cl.Cl. The van der Waals surface area contributed by atoms with Gasteiger partial charge in [-0.1, -0.05) is 24.6 Å². The molecule has 0 saturated heterocycles. The molecule has 1 aromatic carbocycles. The van der Waals surface area contributed by atoms with Crippen molar-refractivity contribution in [1.29, 1.82) is 0 Å². The minimum atomic E-state index is -0.520. The van der Waals surface area contributed by atoms with Crippen molar-refractivity contribution in [3.05, 3.63) is 38.9 Å². The van der Waals surface area contributed by atoms with Gasteiger partial charge in [0.25, 0.3) is 5.69 Å². The molecule has 0 fully saturated rings. The smallest absolute Gasteiger partial charge is 0.270 e. The summed E-state index contributed by atoms with van der Waals surface area (Å²) in [4.78, 5) is 21.8. The van der Waals surface area contributed by atoms with Crippen LogP contribution in [-0.4, -0.2) is 30.0 Å². The maximum atomic E-state index is 11.8. The van der Waals surface area contributed by atoms with Gasteiger partial charge in [-0.05, 0) is 19.0 Å². The Morgan fingerprint density at radius 1 is 1.48 bits per heavy atom. The second kappa shape index (κ2) is 9.55. The lowest BCUT2D eigenvalue weighted by atomic mass is 10.1. The number of amides is 1. The van der Waals surface area contributed by atoms with Crippen LogP contribution in [0.2, 0.25) is 5.02 Å². The number of hydrogen-bond acceptors (Lipinski definition) is 4.